The summed E-state index contributed by atoms with van der Waals surface area (Å²) in [7, 11) is 0. The lowest BCUT2D eigenvalue weighted by atomic mass is 9.98. The molecule has 0 bridgehead atoms. The van der Waals surface area contributed by atoms with Gasteiger partial charge in [-0.25, -0.2) is 13.8 Å². The number of carbonyl (C=O) groups excluding carboxylic acids is 1. The number of nitrogens with zero attached hydrogens (tertiary/aromatic N) is 3. The van der Waals surface area contributed by atoms with Gasteiger partial charge in [-0.3, -0.25) is 9.78 Å². The van der Waals surface area contributed by atoms with Gasteiger partial charge in [-0.1, -0.05) is 30.8 Å². The summed E-state index contributed by atoms with van der Waals surface area (Å²) in [6.45, 7) is 3.81. The molecule has 1 aliphatic rings. The molecule has 1 saturated heterocycles. The number of halogens is 2. The van der Waals surface area contributed by atoms with Crippen molar-refractivity contribution in [2.75, 3.05) is 29.0 Å². The number of carbonyl (C=O) groups is 1. The predicted molar refractivity (Wildman–Crippen MR) is 144 cm³/mol. The summed E-state index contributed by atoms with van der Waals surface area (Å²) in [5.74, 6) is -1.49. The molecule has 192 valence electrons. The first kappa shape index (κ1) is 24.9. The second-order valence-electron chi connectivity index (χ2n) is 8.99. The van der Waals surface area contributed by atoms with Gasteiger partial charge in [-0.05, 0) is 48.0 Å². The average molecular weight is 514 g/mol. The first-order chi connectivity index (χ1) is 18.3. The van der Waals surface area contributed by atoms with Crippen LogP contribution in [-0.2, 0) is 4.79 Å². The van der Waals surface area contributed by atoms with Crippen molar-refractivity contribution in [2.45, 2.75) is 12.3 Å². The molecule has 0 spiro atoms. The molecule has 3 N–H and O–H groups in total. The molecule has 2 aromatic heterocycles. The first-order valence-electron chi connectivity index (χ1n) is 11.9. The number of aromatic nitrogens is 2. The molecule has 5 rings (SSSR count). The lowest BCUT2D eigenvalue weighted by Crippen LogP contribution is -2.25. The van der Waals surface area contributed by atoms with E-state index in [0.717, 1.165) is 11.1 Å². The normalized spacial score (nSPS) is 14.2. The van der Waals surface area contributed by atoms with Crippen molar-refractivity contribution >= 4 is 28.7 Å². The Hall–Kier alpha value is -4.79. The van der Waals surface area contributed by atoms with Gasteiger partial charge in [0.05, 0.1) is 24.6 Å². The summed E-state index contributed by atoms with van der Waals surface area (Å²) in [6, 6.07) is 19.8. The monoisotopic (exact) mass is 513 g/mol. The van der Waals surface area contributed by atoms with E-state index in [2.05, 4.69) is 21.9 Å². The minimum Gasteiger partial charge on any atom is -0.456 e. The van der Waals surface area contributed by atoms with E-state index >= 15 is 0 Å². The van der Waals surface area contributed by atoms with Gasteiger partial charge in [0.1, 0.15) is 17.3 Å². The van der Waals surface area contributed by atoms with Gasteiger partial charge in [-0.2, -0.15) is 0 Å². The molecule has 0 aliphatic carbocycles. The zero-order chi connectivity index (χ0) is 26.7. The highest BCUT2D eigenvalue weighted by molar-refractivity contribution is 6.25. The Morgan fingerprint density at radius 1 is 1.00 bits per heavy atom. The first-order valence-corrected chi connectivity index (χ1v) is 11.9. The Morgan fingerprint density at radius 3 is 2.53 bits per heavy atom. The topological polar surface area (TPSA) is 93.4 Å². The van der Waals surface area contributed by atoms with Gasteiger partial charge in [-0.15, -0.1) is 0 Å². The Bertz CT molecular complexity index is 1480. The standard InChI is InChI=1S/C29H25F2N5O2/c1-19(28(37)35-22-8-10-27(34-16-22)36-12-11-29(30,31)18-36)25-14-20(7-9-26(25)32)21-13-24(17-33-15-21)38-23-5-3-2-4-6-23/h2-10,13-17H,1,11-12,18,32H2,(H,35,37). The number of benzene rings is 2. The minimum atomic E-state index is -2.72. The maximum atomic E-state index is 13.5. The zero-order valence-corrected chi connectivity index (χ0v) is 20.4. The fraction of sp³-hybridized carbons (Fsp3) is 0.138. The van der Waals surface area contributed by atoms with Crippen LogP contribution in [0.25, 0.3) is 16.7 Å². The van der Waals surface area contributed by atoms with Crippen LogP contribution in [0.1, 0.15) is 12.0 Å². The van der Waals surface area contributed by atoms with Crippen molar-refractivity contribution in [3.8, 4) is 22.6 Å². The molecule has 9 heteroatoms. The summed E-state index contributed by atoms with van der Waals surface area (Å²) in [5.41, 5.74) is 9.18. The predicted octanol–water partition coefficient (Wildman–Crippen LogP) is 6.02. The van der Waals surface area contributed by atoms with Crippen molar-refractivity contribution in [2.24, 2.45) is 0 Å². The summed E-state index contributed by atoms with van der Waals surface area (Å²) in [5, 5.41) is 2.74. The smallest absolute Gasteiger partial charge is 0.266 e. The number of nitrogens with two attached hydrogens (primary N) is 1. The quantitative estimate of drug-likeness (QED) is 0.232. The van der Waals surface area contributed by atoms with E-state index in [1.54, 1.807) is 36.7 Å². The summed E-state index contributed by atoms with van der Waals surface area (Å²) >= 11 is 0. The Morgan fingerprint density at radius 2 is 1.82 bits per heavy atom. The van der Waals surface area contributed by atoms with Gasteiger partial charge >= 0.3 is 0 Å². The maximum Gasteiger partial charge on any atom is 0.266 e. The molecule has 0 unspecified atom stereocenters. The van der Waals surface area contributed by atoms with Crippen LogP contribution in [0, 0.1) is 0 Å². The highest BCUT2D eigenvalue weighted by Crippen LogP contribution is 2.32. The van der Waals surface area contributed by atoms with Crippen LogP contribution in [0.15, 0.2) is 91.9 Å². The number of pyridine rings is 2. The highest BCUT2D eigenvalue weighted by atomic mass is 19.3. The number of hydrogen-bond acceptors (Lipinski definition) is 6. The van der Waals surface area contributed by atoms with Gasteiger partial charge in [0.25, 0.3) is 11.8 Å². The number of amides is 1. The second kappa shape index (κ2) is 10.3. The van der Waals surface area contributed by atoms with E-state index in [-0.39, 0.29) is 25.1 Å². The molecule has 1 fully saturated rings. The second-order valence-corrected chi connectivity index (χ2v) is 8.99. The summed E-state index contributed by atoms with van der Waals surface area (Å²) < 4.78 is 32.9. The fourth-order valence-electron chi connectivity index (χ4n) is 4.16. The van der Waals surface area contributed by atoms with Crippen molar-refractivity contribution in [1.82, 2.24) is 9.97 Å². The molecule has 1 amide bonds. The number of anilines is 3. The van der Waals surface area contributed by atoms with Crippen molar-refractivity contribution in [3.05, 3.63) is 97.5 Å². The van der Waals surface area contributed by atoms with E-state index < -0.39 is 11.8 Å². The number of nitrogens with one attached hydrogen (secondary N) is 1. The van der Waals surface area contributed by atoms with E-state index in [1.165, 1.54) is 11.1 Å². The largest absolute Gasteiger partial charge is 0.456 e. The van der Waals surface area contributed by atoms with Crippen LogP contribution in [-0.4, -0.2) is 34.9 Å². The third kappa shape index (κ3) is 5.62. The Labute approximate surface area is 218 Å². The fourth-order valence-corrected chi connectivity index (χ4v) is 4.16. The van der Waals surface area contributed by atoms with Crippen LogP contribution in [0.4, 0.5) is 26.0 Å². The SMILES string of the molecule is C=C(C(=O)Nc1ccc(N2CCC(F)(F)C2)nc1)c1cc(-c2cncc(Oc3ccccc3)c2)ccc1N. The number of hydrogen-bond donors (Lipinski definition) is 2. The van der Waals surface area contributed by atoms with E-state index in [1.807, 2.05) is 42.5 Å². The lowest BCUT2D eigenvalue weighted by Gasteiger charge is -2.17. The van der Waals surface area contributed by atoms with Gasteiger partial charge in [0, 0.05) is 41.5 Å². The Balaban J connectivity index is 1.29. The molecular weight excluding hydrogens is 488 g/mol. The van der Waals surface area contributed by atoms with Gasteiger partial charge < -0.3 is 20.7 Å². The van der Waals surface area contributed by atoms with Crippen molar-refractivity contribution in [3.63, 3.8) is 0 Å². The molecule has 7 nitrogen and oxygen atoms in total. The number of ether oxygens (including phenoxy) is 1. The molecule has 38 heavy (non-hydrogen) atoms. The minimum absolute atomic E-state index is 0.164. The zero-order valence-electron chi connectivity index (χ0n) is 20.4. The van der Waals surface area contributed by atoms with Crippen molar-refractivity contribution < 1.29 is 18.3 Å². The molecule has 0 saturated carbocycles. The summed E-state index contributed by atoms with van der Waals surface area (Å²) in [4.78, 5) is 23.0. The van der Waals surface area contributed by atoms with Crippen LogP contribution in [0.3, 0.4) is 0 Å². The lowest BCUT2D eigenvalue weighted by molar-refractivity contribution is -0.111. The van der Waals surface area contributed by atoms with Crippen LogP contribution in [0.2, 0.25) is 0 Å². The van der Waals surface area contributed by atoms with Gasteiger partial charge in [0.2, 0.25) is 0 Å². The third-order valence-corrected chi connectivity index (χ3v) is 6.18. The average Bonchev–Trinajstić information content (AvgIpc) is 3.29. The number of rotatable bonds is 7. The molecule has 1 aliphatic heterocycles. The molecule has 0 radical (unpaired) electrons. The van der Waals surface area contributed by atoms with E-state index in [4.69, 9.17) is 10.5 Å². The summed E-state index contributed by atoms with van der Waals surface area (Å²) in [6.07, 6.45) is 4.55. The number of para-hydroxylation sites is 1. The molecule has 3 heterocycles. The number of nitrogen functional groups attached to an aromatic ring is 1. The van der Waals surface area contributed by atoms with E-state index in [0.29, 0.717) is 34.3 Å². The van der Waals surface area contributed by atoms with Crippen molar-refractivity contribution in [1.29, 1.82) is 0 Å². The molecule has 0 atom stereocenters. The molecule has 4 aromatic rings. The van der Waals surface area contributed by atoms with Crippen LogP contribution in [0.5, 0.6) is 11.5 Å². The van der Waals surface area contributed by atoms with E-state index in [9.17, 15) is 13.6 Å². The molecule has 2 aromatic carbocycles. The number of alkyl halides is 2. The van der Waals surface area contributed by atoms with Gasteiger partial charge in [0.15, 0.2) is 0 Å². The maximum absolute atomic E-state index is 13.5. The van der Waals surface area contributed by atoms with Crippen LogP contribution < -0.4 is 20.7 Å². The Kier molecular flexibility index (Phi) is 6.74. The highest BCUT2D eigenvalue weighted by Gasteiger charge is 2.38. The third-order valence-electron chi connectivity index (χ3n) is 6.18. The van der Waals surface area contributed by atoms with Crippen LogP contribution >= 0.6 is 0 Å². The molecular formula is C29H25F2N5O2.